The number of hydrogen-bond acceptors (Lipinski definition) is 3. The Labute approximate surface area is 132 Å². The van der Waals surface area contributed by atoms with Crippen LogP contribution in [0.25, 0.3) is 10.9 Å². The van der Waals surface area contributed by atoms with E-state index in [1.807, 2.05) is 18.2 Å². The first-order chi connectivity index (χ1) is 9.50. The molecule has 4 nitrogen and oxygen atoms in total. The van der Waals surface area contributed by atoms with Crippen LogP contribution in [0, 0.1) is 0 Å². The SMILES string of the molecule is CC(=CCOc1c(Br)cc(Br)c2cccnc12)C(=O)O. The quantitative estimate of drug-likeness (QED) is 0.782. The Kier molecular flexibility index (Phi) is 4.77. The van der Waals surface area contributed by atoms with Gasteiger partial charge in [-0.15, -0.1) is 0 Å². The molecule has 1 aromatic heterocycles. The number of nitrogens with zero attached hydrogens (tertiary/aromatic N) is 1. The molecular weight excluding hydrogens is 390 g/mol. The Morgan fingerprint density at radius 1 is 1.45 bits per heavy atom. The molecule has 2 aromatic rings. The molecular formula is C14H11Br2NO3. The number of benzene rings is 1. The van der Waals surface area contributed by atoms with Gasteiger partial charge in [0.2, 0.25) is 0 Å². The van der Waals surface area contributed by atoms with Gasteiger partial charge in [-0.25, -0.2) is 4.79 Å². The first-order valence-corrected chi connectivity index (χ1v) is 7.35. The second kappa shape index (κ2) is 6.37. The fourth-order valence-corrected chi connectivity index (χ4v) is 3.01. The highest BCUT2D eigenvalue weighted by atomic mass is 79.9. The summed E-state index contributed by atoms with van der Waals surface area (Å²) >= 11 is 6.91. The standard InChI is InChI=1S/C14H11Br2NO3/c1-8(14(18)19)4-6-20-13-11(16)7-10(15)9-3-2-5-17-12(9)13/h2-5,7H,6H2,1H3,(H,18,19). The Balaban J connectivity index is 2.35. The summed E-state index contributed by atoms with van der Waals surface area (Å²) in [7, 11) is 0. The Morgan fingerprint density at radius 2 is 2.20 bits per heavy atom. The van der Waals surface area contributed by atoms with Crippen LogP contribution in [0.3, 0.4) is 0 Å². The third kappa shape index (κ3) is 3.19. The number of carboxylic acids is 1. The number of carboxylic acid groups (broad SMARTS) is 1. The molecule has 0 aliphatic heterocycles. The van der Waals surface area contributed by atoms with Gasteiger partial charge in [-0.2, -0.15) is 0 Å². The van der Waals surface area contributed by atoms with E-state index in [1.54, 1.807) is 6.20 Å². The van der Waals surface area contributed by atoms with Crippen LogP contribution >= 0.6 is 31.9 Å². The van der Waals surface area contributed by atoms with Crippen molar-refractivity contribution in [2.45, 2.75) is 6.92 Å². The van der Waals surface area contributed by atoms with E-state index in [2.05, 4.69) is 36.8 Å². The number of carbonyl (C=O) groups is 1. The van der Waals surface area contributed by atoms with Crippen molar-refractivity contribution in [3.63, 3.8) is 0 Å². The zero-order chi connectivity index (χ0) is 14.7. The van der Waals surface area contributed by atoms with E-state index < -0.39 is 5.97 Å². The Hall–Kier alpha value is -1.40. The number of fused-ring (bicyclic) bond motifs is 1. The minimum atomic E-state index is -0.952. The van der Waals surface area contributed by atoms with Gasteiger partial charge in [0.15, 0.2) is 5.75 Å². The normalized spacial score (nSPS) is 11.7. The third-order valence-electron chi connectivity index (χ3n) is 2.70. The molecule has 104 valence electrons. The number of rotatable bonds is 4. The van der Waals surface area contributed by atoms with Crippen molar-refractivity contribution in [3.8, 4) is 5.75 Å². The maximum atomic E-state index is 10.7. The van der Waals surface area contributed by atoms with Gasteiger partial charge in [0.1, 0.15) is 12.1 Å². The summed E-state index contributed by atoms with van der Waals surface area (Å²) in [4.78, 5) is 15.0. The largest absolute Gasteiger partial charge is 0.486 e. The van der Waals surface area contributed by atoms with E-state index >= 15 is 0 Å². The highest BCUT2D eigenvalue weighted by Gasteiger charge is 2.11. The Morgan fingerprint density at radius 3 is 2.90 bits per heavy atom. The summed E-state index contributed by atoms with van der Waals surface area (Å²) in [5.41, 5.74) is 0.964. The van der Waals surface area contributed by atoms with E-state index in [1.165, 1.54) is 13.0 Å². The smallest absolute Gasteiger partial charge is 0.331 e. The van der Waals surface area contributed by atoms with Crippen molar-refractivity contribution in [2.75, 3.05) is 6.61 Å². The molecule has 0 spiro atoms. The van der Waals surface area contributed by atoms with Gasteiger partial charge in [-0.05, 0) is 41.1 Å². The lowest BCUT2D eigenvalue weighted by Gasteiger charge is -2.10. The third-order valence-corrected chi connectivity index (χ3v) is 3.95. The molecule has 1 N–H and O–H groups in total. The molecule has 0 saturated carbocycles. The van der Waals surface area contributed by atoms with E-state index in [0.29, 0.717) is 5.75 Å². The van der Waals surface area contributed by atoms with E-state index in [9.17, 15) is 4.79 Å². The summed E-state index contributed by atoms with van der Waals surface area (Å²) in [6.45, 7) is 1.70. The van der Waals surface area contributed by atoms with Crippen LogP contribution in [0.1, 0.15) is 6.92 Å². The van der Waals surface area contributed by atoms with Gasteiger partial charge in [0, 0.05) is 21.6 Å². The van der Waals surface area contributed by atoms with E-state index in [4.69, 9.17) is 9.84 Å². The molecule has 0 aliphatic carbocycles. The zero-order valence-electron chi connectivity index (χ0n) is 10.6. The molecule has 0 atom stereocenters. The number of pyridine rings is 1. The zero-order valence-corrected chi connectivity index (χ0v) is 13.7. The number of aromatic nitrogens is 1. The van der Waals surface area contributed by atoms with Crippen molar-refractivity contribution in [1.29, 1.82) is 0 Å². The van der Waals surface area contributed by atoms with Crippen molar-refractivity contribution in [1.82, 2.24) is 4.98 Å². The van der Waals surface area contributed by atoms with Crippen LogP contribution < -0.4 is 4.74 Å². The fraction of sp³-hybridized carbons (Fsp3) is 0.143. The summed E-state index contributed by atoms with van der Waals surface area (Å²) in [6, 6.07) is 5.66. The van der Waals surface area contributed by atoms with E-state index in [-0.39, 0.29) is 12.2 Å². The average Bonchev–Trinajstić information content (AvgIpc) is 2.42. The summed E-state index contributed by atoms with van der Waals surface area (Å²) < 4.78 is 7.33. The van der Waals surface area contributed by atoms with Crippen LogP contribution in [0.2, 0.25) is 0 Å². The molecule has 1 heterocycles. The predicted octanol–water partition coefficient (Wildman–Crippen LogP) is 4.17. The van der Waals surface area contributed by atoms with Crippen LogP contribution in [-0.2, 0) is 4.79 Å². The Bertz CT molecular complexity index is 698. The fourth-order valence-electron chi connectivity index (χ4n) is 1.62. The lowest BCUT2D eigenvalue weighted by atomic mass is 10.2. The van der Waals surface area contributed by atoms with Crippen LogP contribution in [0.4, 0.5) is 0 Å². The molecule has 0 amide bonds. The van der Waals surface area contributed by atoms with Crippen molar-refractivity contribution >= 4 is 48.7 Å². The van der Waals surface area contributed by atoms with Gasteiger partial charge < -0.3 is 9.84 Å². The first kappa shape index (κ1) is 15.0. The lowest BCUT2D eigenvalue weighted by molar-refractivity contribution is -0.132. The van der Waals surface area contributed by atoms with Gasteiger partial charge in [-0.3, -0.25) is 4.98 Å². The van der Waals surface area contributed by atoms with Gasteiger partial charge >= 0.3 is 5.97 Å². The molecule has 20 heavy (non-hydrogen) atoms. The lowest BCUT2D eigenvalue weighted by Crippen LogP contribution is -2.02. The number of hydrogen-bond donors (Lipinski definition) is 1. The van der Waals surface area contributed by atoms with Gasteiger partial charge in [0.05, 0.1) is 4.47 Å². The minimum absolute atomic E-state index is 0.171. The highest BCUT2D eigenvalue weighted by molar-refractivity contribution is 9.11. The molecule has 0 bridgehead atoms. The second-order valence-corrected chi connectivity index (χ2v) is 5.78. The van der Waals surface area contributed by atoms with Crippen LogP contribution in [0.5, 0.6) is 5.75 Å². The molecule has 0 unspecified atom stereocenters. The molecule has 6 heteroatoms. The molecule has 0 aliphatic rings. The maximum Gasteiger partial charge on any atom is 0.331 e. The molecule has 0 saturated heterocycles. The van der Waals surface area contributed by atoms with E-state index in [0.717, 1.165) is 19.8 Å². The van der Waals surface area contributed by atoms with Crippen molar-refractivity contribution in [3.05, 3.63) is 45.0 Å². The summed E-state index contributed by atoms with van der Waals surface area (Å²) in [5.74, 6) is -0.357. The highest BCUT2D eigenvalue weighted by Crippen LogP contribution is 2.37. The predicted molar refractivity (Wildman–Crippen MR) is 84.0 cm³/mol. The molecule has 2 rings (SSSR count). The van der Waals surface area contributed by atoms with Crippen molar-refractivity contribution in [2.24, 2.45) is 0 Å². The van der Waals surface area contributed by atoms with Crippen LogP contribution in [0.15, 0.2) is 45.0 Å². The molecule has 0 radical (unpaired) electrons. The first-order valence-electron chi connectivity index (χ1n) is 5.76. The summed E-state index contributed by atoms with van der Waals surface area (Å²) in [6.07, 6.45) is 3.21. The van der Waals surface area contributed by atoms with Crippen molar-refractivity contribution < 1.29 is 14.6 Å². The average molecular weight is 401 g/mol. The molecule has 1 aromatic carbocycles. The summed E-state index contributed by atoms with van der Waals surface area (Å²) in [5, 5.41) is 9.73. The topological polar surface area (TPSA) is 59.4 Å². The second-order valence-electron chi connectivity index (χ2n) is 4.07. The monoisotopic (exact) mass is 399 g/mol. The van der Waals surface area contributed by atoms with Crippen LogP contribution in [-0.4, -0.2) is 22.7 Å². The minimum Gasteiger partial charge on any atom is -0.486 e. The van der Waals surface area contributed by atoms with Gasteiger partial charge in [-0.1, -0.05) is 22.0 Å². The number of aliphatic carboxylic acids is 1. The maximum absolute atomic E-state index is 10.7. The number of ether oxygens (including phenoxy) is 1. The molecule has 0 fully saturated rings. The van der Waals surface area contributed by atoms with Gasteiger partial charge in [0.25, 0.3) is 0 Å². The number of halogens is 2.